The number of nitrogens with zero attached hydrogens (tertiary/aromatic N) is 2. The molecule has 0 unspecified atom stereocenters. The van der Waals surface area contributed by atoms with Gasteiger partial charge in [0.05, 0.1) is 6.54 Å². The molecule has 0 bridgehead atoms. The number of rotatable bonds is 7. The van der Waals surface area contributed by atoms with Crippen LogP contribution in [0.15, 0.2) is 47.0 Å². The molecule has 2 heterocycles. The molecule has 35 heavy (non-hydrogen) atoms. The quantitative estimate of drug-likeness (QED) is 0.191. The Balaban J connectivity index is 1.40. The second-order valence-corrected chi connectivity index (χ2v) is 7.41. The molecule has 2 aromatic heterocycles. The molecule has 182 valence electrons. The van der Waals surface area contributed by atoms with Crippen LogP contribution in [-0.4, -0.2) is 15.7 Å². The van der Waals surface area contributed by atoms with Crippen LogP contribution in [0.3, 0.4) is 0 Å². The van der Waals surface area contributed by atoms with Crippen molar-refractivity contribution in [2.75, 3.05) is 5.32 Å². The van der Waals surface area contributed by atoms with Gasteiger partial charge in [-0.25, -0.2) is 17.6 Å². The van der Waals surface area contributed by atoms with Gasteiger partial charge in [-0.05, 0) is 24.3 Å². The Bertz CT molecular complexity index is 1370. The van der Waals surface area contributed by atoms with Crippen molar-refractivity contribution in [2.24, 2.45) is 0 Å². The van der Waals surface area contributed by atoms with Crippen molar-refractivity contribution in [3.63, 3.8) is 0 Å². The smallest absolute Gasteiger partial charge is 0.292 e. The van der Waals surface area contributed by atoms with Crippen LogP contribution >= 0.6 is 11.6 Å². The number of furan rings is 1. The largest absolute Gasteiger partial charge is 0.479 e. The highest BCUT2D eigenvalue weighted by molar-refractivity contribution is 6.31. The number of amides is 1. The second-order valence-electron chi connectivity index (χ2n) is 7.01. The zero-order valence-electron chi connectivity index (χ0n) is 17.2. The lowest BCUT2D eigenvalue weighted by Crippen LogP contribution is -2.12. The van der Waals surface area contributed by atoms with E-state index in [1.54, 1.807) is 0 Å². The van der Waals surface area contributed by atoms with E-state index in [-0.39, 0.29) is 34.5 Å². The van der Waals surface area contributed by atoms with Crippen molar-refractivity contribution in [2.45, 2.75) is 13.2 Å². The summed E-state index contributed by atoms with van der Waals surface area (Å²) in [5, 5.41) is 6.72. The first-order chi connectivity index (χ1) is 16.7. The normalized spacial score (nSPS) is 11.1. The first-order valence-corrected chi connectivity index (χ1v) is 10.0. The number of hydrogen-bond acceptors (Lipinski definition) is 4. The molecule has 4 aromatic rings. The van der Waals surface area contributed by atoms with Gasteiger partial charge in [0.15, 0.2) is 17.3 Å². The Morgan fingerprint density at radius 3 is 2.34 bits per heavy atom. The fourth-order valence-electron chi connectivity index (χ4n) is 2.97. The molecule has 0 fully saturated rings. The fraction of sp³-hybridized carbons (Fsp3) is 0.0909. The summed E-state index contributed by atoms with van der Waals surface area (Å²) in [7, 11) is 0. The summed E-state index contributed by atoms with van der Waals surface area (Å²) in [5.41, 5.74) is 0.208. The van der Waals surface area contributed by atoms with Crippen molar-refractivity contribution >= 4 is 23.3 Å². The van der Waals surface area contributed by atoms with Gasteiger partial charge < -0.3 is 14.5 Å². The first-order valence-electron chi connectivity index (χ1n) is 9.66. The third-order valence-electron chi connectivity index (χ3n) is 4.68. The van der Waals surface area contributed by atoms with E-state index in [0.717, 1.165) is 0 Å². The maximum absolute atomic E-state index is 13.9. The van der Waals surface area contributed by atoms with Crippen molar-refractivity contribution in [3.8, 4) is 5.75 Å². The molecular formula is C22H12ClF6N3O3. The minimum absolute atomic E-state index is 0.00130. The van der Waals surface area contributed by atoms with Gasteiger partial charge in [0.2, 0.25) is 29.1 Å². The zero-order chi connectivity index (χ0) is 25.3. The summed E-state index contributed by atoms with van der Waals surface area (Å²) < 4.78 is 92.1. The summed E-state index contributed by atoms with van der Waals surface area (Å²) in [6, 6.07) is 8.07. The minimum Gasteiger partial charge on any atom is -0.479 e. The Kier molecular flexibility index (Phi) is 6.74. The number of ether oxygens (including phenoxy) is 1. The molecule has 0 saturated carbocycles. The van der Waals surface area contributed by atoms with Gasteiger partial charge in [-0.15, -0.1) is 0 Å². The van der Waals surface area contributed by atoms with E-state index in [9.17, 15) is 31.1 Å². The van der Waals surface area contributed by atoms with Crippen LogP contribution in [-0.2, 0) is 13.2 Å². The van der Waals surface area contributed by atoms with Gasteiger partial charge in [0.1, 0.15) is 18.2 Å². The van der Waals surface area contributed by atoms with Crippen molar-refractivity contribution in [3.05, 3.63) is 99.6 Å². The summed E-state index contributed by atoms with van der Waals surface area (Å²) in [5.74, 6) is -14.0. The highest BCUT2D eigenvalue weighted by Gasteiger charge is 2.27. The SMILES string of the molecule is O=C(Nc1ccn(Cc2c(F)cccc2Cl)n1)c1ccc(COc2c(F)c(F)c(F)c(F)c2F)o1. The third kappa shape index (κ3) is 4.97. The first kappa shape index (κ1) is 24.2. The van der Waals surface area contributed by atoms with Crippen LogP contribution in [0.4, 0.5) is 32.2 Å². The summed E-state index contributed by atoms with van der Waals surface area (Å²) in [6.45, 7) is -0.731. The Morgan fingerprint density at radius 1 is 0.971 bits per heavy atom. The molecule has 0 atom stereocenters. The fourth-order valence-corrected chi connectivity index (χ4v) is 3.19. The second kappa shape index (κ2) is 9.74. The van der Waals surface area contributed by atoms with Crippen molar-refractivity contribution in [1.82, 2.24) is 9.78 Å². The van der Waals surface area contributed by atoms with Crippen LogP contribution in [0, 0.1) is 34.9 Å². The number of nitrogens with one attached hydrogen (secondary N) is 1. The average molecular weight is 516 g/mol. The standard InChI is InChI=1S/C22H12ClF6N3O3/c23-12-2-1-3-13(24)11(12)8-32-7-6-15(31-32)30-22(33)14-5-4-10(35-14)9-34-21-19(28)17(26)16(25)18(27)20(21)29/h1-7H,8-9H2,(H,30,31,33). The third-order valence-corrected chi connectivity index (χ3v) is 5.03. The van der Waals surface area contributed by atoms with Crippen LogP contribution < -0.4 is 10.1 Å². The molecule has 0 aliphatic heterocycles. The Hall–Kier alpha value is -3.93. The number of carbonyl (C=O) groups excluding carboxylic acids is 1. The van der Waals surface area contributed by atoms with Gasteiger partial charge >= 0.3 is 0 Å². The number of carbonyl (C=O) groups is 1. The van der Waals surface area contributed by atoms with Gasteiger partial charge in [0, 0.05) is 22.8 Å². The molecule has 0 spiro atoms. The average Bonchev–Trinajstić information content (AvgIpc) is 3.48. The summed E-state index contributed by atoms with van der Waals surface area (Å²) in [6.07, 6.45) is 1.48. The van der Waals surface area contributed by atoms with Crippen LogP contribution in [0.1, 0.15) is 21.9 Å². The minimum atomic E-state index is -2.32. The molecule has 1 amide bonds. The Morgan fingerprint density at radius 2 is 1.66 bits per heavy atom. The predicted octanol–water partition coefficient (Wildman–Crippen LogP) is 5.84. The lowest BCUT2D eigenvalue weighted by molar-refractivity contribution is 0.0991. The van der Waals surface area contributed by atoms with Gasteiger partial charge in [-0.1, -0.05) is 17.7 Å². The molecule has 0 saturated heterocycles. The molecular weight excluding hydrogens is 504 g/mol. The van der Waals surface area contributed by atoms with Crippen LogP contribution in [0.2, 0.25) is 5.02 Å². The number of aromatic nitrogens is 2. The van der Waals surface area contributed by atoms with E-state index < -0.39 is 53.2 Å². The molecule has 13 heteroatoms. The summed E-state index contributed by atoms with van der Waals surface area (Å²) >= 11 is 5.99. The zero-order valence-corrected chi connectivity index (χ0v) is 18.0. The van der Waals surface area contributed by atoms with Crippen molar-refractivity contribution < 1.29 is 40.3 Å². The van der Waals surface area contributed by atoms with Gasteiger partial charge in [0.25, 0.3) is 5.91 Å². The molecule has 0 aliphatic carbocycles. The van der Waals surface area contributed by atoms with E-state index in [1.165, 1.54) is 47.3 Å². The number of benzene rings is 2. The molecule has 1 N–H and O–H groups in total. The predicted molar refractivity (Wildman–Crippen MR) is 110 cm³/mol. The van der Waals surface area contributed by atoms with Gasteiger partial charge in [-0.2, -0.15) is 13.9 Å². The maximum Gasteiger partial charge on any atom is 0.292 e. The molecule has 6 nitrogen and oxygen atoms in total. The number of halogens is 7. The van der Waals surface area contributed by atoms with Crippen LogP contribution in [0.5, 0.6) is 5.75 Å². The number of anilines is 1. The lowest BCUT2D eigenvalue weighted by Gasteiger charge is -2.09. The lowest BCUT2D eigenvalue weighted by atomic mass is 10.2. The van der Waals surface area contributed by atoms with E-state index in [0.29, 0.717) is 0 Å². The van der Waals surface area contributed by atoms with E-state index in [4.69, 9.17) is 16.0 Å². The molecule has 0 aliphatic rings. The maximum atomic E-state index is 13.9. The molecule has 0 radical (unpaired) electrons. The van der Waals surface area contributed by atoms with Gasteiger partial charge in [-0.3, -0.25) is 9.48 Å². The van der Waals surface area contributed by atoms with E-state index in [2.05, 4.69) is 15.2 Å². The van der Waals surface area contributed by atoms with Crippen molar-refractivity contribution in [1.29, 1.82) is 0 Å². The topological polar surface area (TPSA) is 69.3 Å². The highest BCUT2D eigenvalue weighted by Crippen LogP contribution is 2.30. The summed E-state index contributed by atoms with van der Waals surface area (Å²) in [4.78, 5) is 12.4. The van der Waals surface area contributed by atoms with E-state index in [1.807, 2.05) is 0 Å². The highest BCUT2D eigenvalue weighted by atomic mass is 35.5. The molecule has 2 aromatic carbocycles. The Labute approximate surface area is 197 Å². The number of hydrogen-bond donors (Lipinski definition) is 1. The van der Waals surface area contributed by atoms with Crippen LogP contribution in [0.25, 0.3) is 0 Å². The molecule has 4 rings (SSSR count). The monoisotopic (exact) mass is 515 g/mol. The van der Waals surface area contributed by atoms with E-state index >= 15 is 0 Å².